The average Bonchev–Trinajstić information content (AvgIpc) is 3.07. The molecule has 0 radical (unpaired) electrons. The van der Waals surface area contributed by atoms with Crippen molar-refractivity contribution in [2.24, 2.45) is 7.05 Å². The van der Waals surface area contributed by atoms with Gasteiger partial charge in [-0.15, -0.1) is 10.2 Å². The molecule has 2 aromatic carbocycles. The number of carbonyl (C=O) groups is 1. The Kier molecular flexibility index (Phi) is 6.52. The summed E-state index contributed by atoms with van der Waals surface area (Å²) in [6.07, 6.45) is 1.02. The largest absolute Gasteiger partial charge is 0.341 e. The molecule has 0 fully saturated rings. The number of nitrogens with zero attached hydrogens (tertiary/aromatic N) is 4. The van der Waals surface area contributed by atoms with Crippen LogP contribution in [0.25, 0.3) is 11.4 Å². The number of carbonyl (C=O) groups excluding carboxylic acids is 1. The molecule has 3 rings (SSSR count). The van der Waals surface area contributed by atoms with Crippen LogP contribution >= 0.6 is 11.8 Å². The number of thioether (sulfide) groups is 1. The third-order valence-corrected chi connectivity index (χ3v) is 5.83. The highest BCUT2D eigenvalue weighted by atomic mass is 32.2. The SMILES string of the molecule is CCc1ccc(CN(C)C(=O)CSc2nnc(-c3ccccc3C)n2C)cc1. The van der Waals surface area contributed by atoms with E-state index in [1.165, 1.54) is 17.3 Å². The number of hydrogen-bond donors (Lipinski definition) is 0. The first-order valence-electron chi connectivity index (χ1n) is 9.39. The highest BCUT2D eigenvalue weighted by molar-refractivity contribution is 7.99. The number of benzene rings is 2. The first-order valence-corrected chi connectivity index (χ1v) is 10.4. The van der Waals surface area contributed by atoms with Crippen molar-refractivity contribution in [1.82, 2.24) is 19.7 Å². The summed E-state index contributed by atoms with van der Waals surface area (Å²) in [5.41, 5.74) is 4.65. The molecule has 0 saturated heterocycles. The van der Waals surface area contributed by atoms with Gasteiger partial charge in [0, 0.05) is 26.2 Å². The van der Waals surface area contributed by atoms with E-state index in [0.717, 1.165) is 34.1 Å². The topological polar surface area (TPSA) is 51.0 Å². The minimum atomic E-state index is 0.0741. The first-order chi connectivity index (χ1) is 13.5. The van der Waals surface area contributed by atoms with E-state index in [-0.39, 0.29) is 5.91 Å². The molecule has 1 amide bonds. The Hall–Kier alpha value is -2.60. The van der Waals surface area contributed by atoms with Gasteiger partial charge in [0.2, 0.25) is 5.91 Å². The fourth-order valence-corrected chi connectivity index (χ4v) is 3.83. The van der Waals surface area contributed by atoms with Crippen molar-refractivity contribution in [2.45, 2.75) is 32.0 Å². The van der Waals surface area contributed by atoms with E-state index >= 15 is 0 Å². The second-order valence-corrected chi connectivity index (χ2v) is 7.83. The van der Waals surface area contributed by atoms with E-state index in [1.54, 1.807) is 4.90 Å². The molecule has 6 heteroatoms. The van der Waals surface area contributed by atoms with Gasteiger partial charge in [0.1, 0.15) is 0 Å². The summed E-state index contributed by atoms with van der Waals surface area (Å²) in [6.45, 7) is 4.80. The zero-order valence-corrected chi connectivity index (χ0v) is 17.7. The minimum absolute atomic E-state index is 0.0741. The summed E-state index contributed by atoms with van der Waals surface area (Å²) in [4.78, 5) is 14.3. The molecular weight excluding hydrogens is 368 g/mol. The molecule has 5 nitrogen and oxygen atoms in total. The van der Waals surface area contributed by atoms with E-state index in [0.29, 0.717) is 12.3 Å². The summed E-state index contributed by atoms with van der Waals surface area (Å²) in [5.74, 6) is 1.23. The monoisotopic (exact) mass is 394 g/mol. The molecule has 1 aromatic heterocycles. The zero-order valence-electron chi connectivity index (χ0n) is 16.8. The molecule has 0 N–H and O–H groups in total. The summed E-state index contributed by atoms with van der Waals surface area (Å²) < 4.78 is 1.95. The van der Waals surface area contributed by atoms with E-state index in [4.69, 9.17) is 0 Å². The normalized spacial score (nSPS) is 10.9. The van der Waals surface area contributed by atoms with E-state index < -0.39 is 0 Å². The standard InChI is InChI=1S/C22H26N4OS/c1-5-17-10-12-18(13-11-17)14-25(3)20(27)15-28-22-24-23-21(26(22)4)19-9-7-6-8-16(19)2/h6-13H,5,14-15H2,1-4H3. The Morgan fingerprint density at radius 3 is 2.43 bits per heavy atom. The number of aromatic nitrogens is 3. The van der Waals surface area contributed by atoms with Crippen LogP contribution in [0.5, 0.6) is 0 Å². The minimum Gasteiger partial charge on any atom is -0.341 e. The molecule has 3 aromatic rings. The third-order valence-electron chi connectivity index (χ3n) is 4.82. The van der Waals surface area contributed by atoms with Crippen LogP contribution < -0.4 is 0 Å². The van der Waals surface area contributed by atoms with Gasteiger partial charge in [-0.3, -0.25) is 4.79 Å². The Morgan fingerprint density at radius 2 is 1.75 bits per heavy atom. The summed E-state index contributed by atoms with van der Waals surface area (Å²) in [5, 5.41) is 9.34. The van der Waals surface area contributed by atoms with Gasteiger partial charge in [-0.05, 0) is 30.0 Å². The van der Waals surface area contributed by atoms with Gasteiger partial charge in [0.05, 0.1) is 5.75 Å². The zero-order chi connectivity index (χ0) is 20.1. The van der Waals surface area contributed by atoms with Crippen LogP contribution in [0.4, 0.5) is 0 Å². The van der Waals surface area contributed by atoms with Crippen molar-refractivity contribution in [3.63, 3.8) is 0 Å². The van der Waals surface area contributed by atoms with Gasteiger partial charge in [-0.2, -0.15) is 0 Å². The fraction of sp³-hybridized carbons (Fsp3) is 0.318. The molecule has 0 spiro atoms. The smallest absolute Gasteiger partial charge is 0.233 e. The van der Waals surface area contributed by atoms with Crippen LogP contribution in [0.1, 0.15) is 23.6 Å². The predicted octanol–water partition coefficient (Wildman–Crippen LogP) is 4.10. The van der Waals surface area contributed by atoms with Gasteiger partial charge in [-0.25, -0.2) is 0 Å². The van der Waals surface area contributed by atoms with Crippen LogP contribution in [0.15, 0.2) is 53.7 Å². The summed E-state index contributed by atoms with van der Waals surface area (Å²) in [7, 11) is 3.78. The Balaban J connectivity index is 1.60. The van der Waals surface area contributed by atoms with Crippen molar-refractivity contribution < 1.29 is 4.79 Å². The van der Waals surface area contributed by atoms with Crippen molar-refractivity contribution in [2.75, 3.05) is 12.8 Å². The van der Waals surface area contributed by atoms with Crippen molar-refractivity contribution in [3.05, 3.63) is 65.2 Å². The lowest BCUT2D eigenvalue weighted by atomic mass is 10.1. The van der Waals surface area contributed by atoms with Gasteiger partial charge in [-0.1, -0.05) is 67.2 Å². The lowest BCUT2D eigenvalue weighted by Crippen LogP contribution is -2.27. The maximum atomic E-state index is 12.5. The Morgan fingerprint density at radius 1 is 1.07 bits per heavy atom. The molecule has 0 bridgehead atoms. The van der Waals surface area contributed by atoms with Crippen LogP contribution in [-0.4, -0.2) is 38.4 Å². The van der Waals surface area contributed by atoms with Gasteiger partial charge < -0.3 is 9.47 Å². The van der Waals surface area contributed by atoms with E-state index in [1.807, 2.05) is 36.9 Å². The van der Waals surface area contributed by atoms with Gasteiger partial charge in [0.25, 0.3) is 0 Å². The number of rotatable bonds is 7. The fourth-order valence-electron chi connectivity index (χ4n) is 2.98. The van der Waals surface area contributed by atoms with E-state index in [9.17, 15) is 4.79 Å². The lowest BCUT2D eigenvalue weighted by Gasteiger charge is -2.17. The number of aryl methyl sites for hydroxylation is 2. The molecule has 28 heavy (non-hydrogen) atoms. The summed E-state index contributed by atoms with van der Waals surface area (Å²) >= 11 is 1.42. The second-order valence-electron chi connectivity index (χ2n) is 6.89. The van der Waals surface area contributed by atoms with Gasteiger partial charge in [0.15, 0.2) is 11.0 Å². The van der Waals surface area contributed by atoms with Crippen molar-refractivity contribution >= 4 is 17.7 Å². The molecule has 0 unspecified atom stereocenters. The maximum Gasteiger partial charge on any atom is 0.233 e. The van der Waals surface area contributed by atoms with Crippen molar-refractivity contribution in [3.8, 4) is 11.4 Å². The Labute approximate surface area is 170 Å². The third kappa shape index (κ3) is 4.62. The molecule has 1 heterocycles. The number of amides is 1. The number of hydrogen-bond acceptors (Lipinski definition) is 4. The van der Waals surface area contributed by atoms with Crippen LogP contribution in [0, 0.1) is 6.92 Å². The van der Waals surface area contributed by atoms with E-state index in [2.05, 4.69) is 54.4 Å². The van der Waals surface area contributed by atoms with Crippen molar-refractivity contribution in [1.29, 1.82) is 0 Å². The predicted molar refractivity (Wildman–Crippen MR) is 114 cm³/mol. The lowest BCUT2D eigenvalue weighted by molar-refractivity contribution is -0.127. The Bertz CT molecular complexity index is 949. The highest BCUT2D eigenvalue weighted by Crippen LogP contribution is 2.25. The quantitative estimate of drug-likeness (QED) is 0.566. The molecule has 0 aliphatic rings. The molecular formula is C22H26N4OS. The molecule has 146 valence electrons. The molecule has 0 saturated carbocycles. The molecule has 0 aliphatic carbocycles. The van der Waals surface area contributed by atoms with Gasteiger partial charge >= 0.3 is 0 Å². The maximum absolute atomic E-state index is 12.5. The highest BCUT2D eigenvalue weighted by Gasteiger charge is 2.16. The van der Waals surface area contributed by atoms with Crippen LogP contribution in [0.3, 0.4) is 0 Å². The summed E-state index contributed by atoms with van der Waals surface area (Å²) in [6, 6.07) is 16.5. The first kappa shape index (κ1) is 20.1. The second kappa shape index (κ2) is 9.06. The van der Waals surface area contributed by atoms with Crippen LogP contribution in [-0.2, 0) is 24.8 Å². The molecule has 0 aliphatic heterocycles. The average molecular weight is 395 g/mol. The molecule has 0 atom stereocenters. The van der Waals surface area contributed by atoms with Crippen LogP contribution in [0.2, 0.25) is 0 Å².